The Morgan fingerprint density at radius 3 is 2.47 bits per heavy atom. The molecule has 4 bridgehead atoms. The summed E-state index contributed by atoms with van der Waals surface area (Å²) in [5.74, 6) is 1.27. The van der Waals surface area contributed by atoms with Crippen LogP contribution in [0.1, 0.15) is 77.9 Å². The van der Waals surface area contributed by atoms with Gasteiger partial charge in [0, 0.05) is 11.7 Å². The van der Waals surface area contributed by atoms with Crippen LogP contribution in [0.2, 0.25) is 5.28 Å². The van der Waals surface area contributed by atoms with Crippen LogP contribution in [0.4, 0.5) is 5.82 Å². The van der Waals surface area contributed by atoms with Gasteiger partial charge >= 0.3 is 7.60 Å². The Labute approximate surface area is 226 Å². The maximum absolute atomic E-state index is 11.1. The van der Waals surface area contributed by atoms with E-state index in [0.29, 0.717) is 53.0 Å². The first-order valence-corrected chi connectivity index (χ1v) is 15.7. The lowest BCUT2D eigenvalue weighted by atomic mass is 9.43. The summed E-state index contributed by atoms with van der Waals surface area (Å²) in [5, 5.41) is 25.3. The molecule has 5 N–H and O–H groups in total. The number of ether oxygens (including phenoxy) is 1. The van der Waals surface area contributed by atoms with Crippen molar-refractivity contribution in [1.29, 1.82) is 0 Å². The minimum atomic E-state index is -4.07. The van der Waals surface area contributed by atoms with Crippen molar-refractivity contribution in [3.05, 3.63) is 11.6 Å². The van der Waals surface area contributed by atoms with Crippen molar-refractivity contribution in [1.82, 2.24) is 19.5 Å². The van der Waals surface area contributed by atoms with Gasteiger partial charge in [0.1, 0.15) is 12.2 Å². The lowest BCUT2D eigenvalue weighted by Gasteiger charge is -2.65. The van der Waals surface area contributed by atoms with Crippen LogP contribution in [-0.2, 0) is 9.30 Å². The molecule has 8 atom stereocenters. The maximum atomic E-state index is 11.1. The fourth-order valence-corrected chi connectivity index (χ4v) is 9.66. The number of anilines is 1. The van der Waals surface area contributed by atoms with Crippen LogP contribution in [0.15, 0.2) is 6.33 Å². The third-order valence-electron chi connectivity index (χ3n) is 9.20. The third-order valence-corrected chi connectivity index (χ3v) is 10.3. The summed E-state index contributed by atoms with van der Waals surface area (Å²) in [5.41, 5.74) is 1.50. The summed E-state index contributed by atoms with van der Waals surface area (Å²) in [6, 6.07) is 0. The first-order chi connectivity index (χ1) is 17.8. The van der Waals surface area contributed by atoms with Crippen LogP contribution in [-0.4, -0.2) is 69.5 Å². The zero-order valence-corrected chi connectivity index (χ0v) is 23.4. The van der Waals surface area contributed by atoms with Gasteiger partial charge in [-0.15, -0.1) is 0 Å². The van der Waals surface area contributed by atoms with E-state index in [0.717, 1.165) is 19.3 Å². The zero-order chi connectivity index (χ0) is 27.1. The van der Waals surface area contributed by atoms with Crippen molar-refractivity contribution < 1.29 is 29.3 Å². The maximum Gasteiger partial charge on any atom is 0.325 e. The minimum absolute atomic E-state index is 0.0610. The van der Waals surface area contributed by atoms with Crippen LogP contribution >= 0.6 is 19.2 Å². The molecule has 4 saturated carbocycles. The van der Waals surface area contributed by atoms with Gasteiger partial charge in [-0.05, 0) is 79.7 Å². The van der Waals surface area contributed by atoms with Crippen molar-refractivity contribution in [3.8, 4) is 0 Å². The highest BCUT2D eigenvalue weighted by Gasteiger charge is 2.60. The Morgan fingerprint density at radius 1 is 1.11 bits per heavy atom. The Morgan fingerprint density at radius 2 is 1.82 bits per heavy atom. The summed E-state index contributed by atoms with van der Waals surface area (Å²) in [4.78, 5) is 31.6. The van der Waals surface area contributed by atoms with E-state index in [1.807, 2.05) is 0 Å². The number of unbranched alkanes of at least 4 members (excludes halogenated alkanes) is 1. The molecule has 38 heavy (non-hydrogen) atoms. The van der Waals surface area contributed by atoms with Gasteiger partial charge in [-0.1, -0.05) is 20.3 Å². The van der Waals surface area contributed by atoms with Gasteiger partial charge in [0.15, 0.2) is 23.2 Å². The normalized spacial score (nSPS) is 40.3. The number of aliphatic hydroxyl groups is 2. The summed E-state index contributed by atoms with van der Waals surface area (Å²) >= 11 is 6.40. The van der Waals surface area contributed by atoms with Crippen molar-refractivity contribution in [2.75, 3.05) is 11.5 Å². The van der Waals surface area contributed by atoms with E-state index in [2.05, 4.69) is 34.1 Å². The molecule has 0 spiro atoms. The molecular weight excluding hydrogens is 533 g/mol. The highest BCUT2D eigenvalue weighted by atomic mass is 35.5. The van der Waals surface area contributed by atoms with Crippen molar-refractivity contribution in [2.24, 2.45) is 16.7 Å². The van der Waals surface area contributed by atoms with Gasteiger partial charge in [-0.2, -0.15) is 9.97 Å². The molecule has 3 heterocycles. The lowest BCUT2D eigenvalue weighted by Crippen LogP contribution is -2.61. The number of imidazole rings is 1. The fourth-order valence-electron chi connectivity index (χ4n) is 8.86. The molecule has 1 aliphatic heterocycles. The number of rotatable bonds is 8. The van der Waals surface area contributed by atoms with Crippen LogP contribution in [0.5, 0.6) is 0 Å². The van der Waals surface area contributed by atoms with Gasteiger partial charge < -0.3 is 30.1 Å². The number of aromatic nitrogens is 4. The van der Waals surface area contributed by atoms with Crippen molar-refractivity contribution in [2.45, 2.75) is 102 Å². The van der Waals surface area contributed by atoms with Gasteiger partial charge in [0.25, 0.3) is 0 Å². The Balaban J connectivity index is 1.24. The third kappa shape index (κ3) is 4.89. The molecule has 2 aromatic heterocycles. The average molecular weight is 570 g/mol. The van der Waals surface area contributed by atoms with Gasteiger partial charge in [0.05, 0.1) is 12.4 Å². The molecule has 5 fully saturated rings. The first-order valence-electron chi connectivity index (χ1n) is 13.5. The molecule has 7 rings (SSSR count). The average Bonchev–Trinajstić information content (AvgIpc) is 3.29. The zero-order valence-electron chi connectivity index (χ0n) is 21.8. The highest BCUT2D eigenvalue weighted by Crippen LogP contribution is 2.67. The SMILES string of the molecule is C[C@]12CC3CC(Nc4nc(Cl)nc5c4ncn5[C@@H]4O[C@H](CCCCP(=O)(O)O)C(O)[C@@H]4O)(C1)C[C@@](C)(C3)C2. The molecule has 2 aromatic rings. The molecule has 11 nitrogen and oxygen atoms in total. The first kappa shape index (κ1) is 26.9. The molecule has 13 heteroatoms. The summed E-state index contributed by atoms with van der Waals surface area (Å²) in [7, 11) is -4.07. The summed E-state index contributed by atoms with van der Waals surface area (Å²) < 4.78 is 18.7. The largest absolute Gasteiger partial charge is 0.388 e. The molecule has 0 radical (unpaired) electrons. The molecule has 0 aromatic carbocycles. The number of halogens is 1. The number of hydrogen-bond acceptors (Lipinski definition) is 8. The molecule has 210 valence electrons. The monoisotopic (exact) mass is 569 g/mol. The Kier molecular flexibility index (Phi) is 6.43. The minimum Gasteiger partial charge on any atom is -0.388 e. The van der Waals surface area contributed by atoms with Crippen LogP contribution in [0.3, 0.4) is 0 Å². The number of aliphatic hydroxyl groups excluding tert-OH is 2. The lowest BCUT2D eigenvalue weighted by molar-refractivity contribution is -0.0973. The van der Waals surface area contributed by atoms with E-state index in [9.17, 15) is 14.8 Å². The second kappa shape index (κ2) is 9.09. The van der Waals surface area contributed by atoms with E-state index in [-0.39, 0.29) is 17.0 Å². The number of hydrogen-bond donors (Lipinski definition) is 5. The molecule has 3 unspecified atom stereocenters. The van der Waals surface area contributed by atoms with E-state index >= 15 is 0 Å². The topological polar surface area (TPSA) is 163 Å². The fraction of sp³-hybridized carbons (Fsp3) is 0.800. The Hall–Kier alpha value is -1.33. The van der Waals surface area contributed by atoms with Crippen molar-refractivity contribution in [3.63, 3.8) is 0 Å². The van der Waals surface area contributed by atoms with Gasteiger partial charge in [-0.3, -0.25) is 9.13 Å². The van der Waals surface area contributed by atoms with Crippen molar-refractivity contribution >= 4 is 36.2 Å². The molecular formula is C25H37ClN5O6P. The van der Waals surface area contributed by atoms with E-state index in [1.54, 1.807) is 4.57 Å². The second-order valence-corrected chi connectivity index (χ2v) is 15.2. The number of nitrogens with one attached hydrogen (secondary N) is 1. The smallest absolute Gasteiger partial charge is 0.325 e. The molecule has 1 saturated heterocycles. The summed E-state index contributed by atoms with van der Waals surface area (Å²) in [6.07, 6.45) is 5.47. The molecule has 4 aliphatic carbocycles. The predicted molar refractivity (Wildman–Crippen MR) is 141 cm³/mol. The quantitative estimate of drug-likeness (QED) is 0.180. The molecule has 0 amide bonds. The number of nitrogens with zero attached hydrogens (tertiary/aromatic N) is 4. The standard InChI is InChI=1S/C25H37ClN5O6P/c1-23-7-14-8-24(2,10-23)12-25(9-14,11-23)30-19-16-20(29-22(26)28-19)31(13-27-16)21-18(33)17(32)15(37-21)5-3-4-6-38(34,35)36/h13-15,17-18,21,32-33H,3-12H2,1-2H3,(H,28,29,30)(H2,34,35,36)/t14?,15-,17?,18+,21-,23-,24+,25?/m1/s1. The van der Waals surface area contributed by atoms with Crippen LogP contribution in [0, 0.1) is 16.7 Å². The number of fused-ring (bicyclic) bond motifs is 1. The predicted octanol–water partition coefficient (Wildman–Crippen LogP) is 3.61. The van der Waals surface area contributed by atoms with Crippen LogP contribution < -0.4 is 5.32 Å². The molecule has 5 aliphatic rings. The van der Waals surface area contributed by atoms with E-state index in [1.165, 1.54) is 25.6 Å². The van der Waals surface area contributed by atoms with Gasteiger partial charge in [0.2, 0.25) is 5.28 Å². The van der Waals surface area contributed by atoms with E-state index < -0.39 is 32.1 Å². The van der Waals surface area contributed by atoms with Gasteiger partial charge in [-0.25, -0.2) is 4.98 Å². The second-order valence-electron chi connectivity index (χ2n) is 13.1. The Bertz CT molecular complexity index is 1270. The van der Waals surface area contributed by atoms with E-state index in [4.69, 9.17) is 26.1 Å². The highest BCUT2D eigenvalue weighted by molar-refractivity contribution is 7.51. The van der Waals surface area contributed by atoms with Crippen LogP contribution in [0.25, 0.3) is 11.2 Å². The summed E-state index contributed by atoms with van der Waals surface area (Å²) in [6.45, 7) is 4.83.